The Bertz CT molecular complexity index is 822. The summed E-state index contributed by atoms with van der Waals surface area (Å²) in [5.41, 5.74) is -1.14. The van der Waals surface area contributed by atoms with E-state index in [2.05, 4.69) is 36.0 Å². The van der Waals surface area contributed by atoms with Crippen molar-refractivity contribution in [2.45, 2.75) is 81.0 Å². The maximum atomic E-state index is 14.0. The summed E-state index contributed by atoms with van der Waals surface area (Å²) < 4.78 is 12.0. The van der Waals surface area contributed by atoms with Crippen molar-refractivity contribution in [1.82, 2.24) is 9.80 Å². The third-order valence-corrected chi connectivity index (χ3v) is 8.31. The van der Waals surface area contributed by atoms with Crippen molar-refractivity contribution in [2.24, 2.45) is 11.8 Å². The average Bonchev–Trinajstić information content (AvgIpc) is 3.44. The summed E-state index contributed by atoms with van der Waals surface area (Å²) in [6.45, 7) is 12.1. The van der Waals surface area contributed by atoms with Crippen LogP contribution in [0.2, 0.25) is 0 Å². The Labute approximate surface area is 216 Å². The number of hydrogen-bond acceptors (Lipinski definition) is 6. The van der Waals surface area contributed by atoms with Crippen LogP contribution in [0.4, 0.5) is 0 Å². The van der Waals surface area contributed by atoms with Crippen molar-refractivity contribution in [2.75, 3.05) is 26.3 Å². The molecular formula is C26H39BrN2O6. The number of halogens is 1. The number of alkyl halides is 1. The second-order valence-electron chi connectivity index (χ2n) is 9.82. The predicted molar refractivity (Wildman–Crippen MR) is 136 cm³/mol. The second kappa shape index (κ2) is 12.0. The van der Waals surface area contributed by atoms with Gasteiger partial charge >= 0.3 is 5.97 Å². The molecule has 3 saturated heterocycles. The monoisotopic (exact) mass is 554 g/mol. The van der Waals surface area contributed by atoms with Crippen molar-refractivity contribution >= 4 is 33.7 Å². The van der Waals surface area contributed by atoms with Crippen LogP contribution in [0.3, 0.4) is 0 Å². The number of ether oxygens (including phenoxy) is 2. The molecule has 196 valence electrons. The molecule has 7 atom stereocenters. The molecule has 0 aromatic carbocycles. The highest BCUT2D eigenvalue weighted by Gasteiger charge is 2.77. The van der Waals surface area contributed by atoms with Crippen LogP contribution in [0.5, 0.6) is 0 Å². The van der Waals surface area contributed by atoms with Gasteiger partial charge in [-0.25, -0.2) is 0 Å². The number of carbonyl (C=O) groups excluding carboxylic acids is 3. The predicted octanol–water partition coefficient (Wildman–Crippen LogP) is 2.83. The molecular weight excluding hydrogens is 516 g/mol. The largest absolute Gasteiger partial charge is 0.465 e. The fraction of sp³-hybridized carbons (Fsp3) is 0.731. The van der Waals surface area contributed by atoms with E-state index in [0.717, 1.165) is 25.7 Å². The number of hydrogen-bond donors (Lipinski definition) is 1. The van der Waals surface area contributed by atoms with E-state index >= 15 is 0 Å². The van der Waals surface area contributed by atoms with Gasteiger partial charge in [-0.05, 0) is 39.0 Å². The van der Waals surface area contributed by atoms with Crippen molar-refractivity contribution in [1.29, 1.82) is 0 Å². The van der Waals surface area contributed by atoms with E-state index in [-0.39, 0.29) is 29.9 Å². The Morgan fingerprint density at radius 2 is 2.09 bits per heavy atom. The highest BCUT2D eigenvalue weighted by molar-refractivity contribution is 9.09. The van der Waals surface area contributed by atoms with Gasteiger partial charge in [0.25, 0.3) is 0 Å². The molecule has 3 unspecified atom stereocenters. The van der Waals surface area contributed by atoms with E-state index in [0.29, 0.717) is 25.9 Å². The molecule has 2 amide bonds. The van der Waals surface area contributed by atoms with Gasteiger partial charge in [-0.15, -0.1) is 13.2 Å². The first-order valence-electron chi connectivity index (χ1n) is 12.7. The Kier molecular flexibility index (Phi) is 9.57. The lowest BCUT2D eigenvalue weighted by Crippen LogP contribution is -2.58. The van der Waals surface area contributed by atoms with E-state index in [1.165, 1.54) is 4.90 Å². The van der Waals surface area contributed by atoms with Gasteiger partial charge in [-0.1, -0.05) is 41.4 Å². The number of esters is 1. The van der Waals surface area contributed by atoms with Gasteiger partial charge in [0.15, 0.2) is 0 Å². The molecule has 3 heterocycles. The van der Waals surface area contributed by atoms with Gasteiger partial charge in [-0.3, -0.25) is 14.4 Å². The zero-order chi connectivity index (χ0) is 25.8. The smallest absolute Gasteiger partial charge is 0.312 e. The highest BCUT2D eigenvalue weighted by atomic mass is 79.9. The minimum Gasteiger partial charge on any atom is -0.465 e. The summed E-state index contributed by atoms with van der Waals surface area (Å²) in [4.78, 5) is 44.0. The summed E-state index contributed by atoms with van der Waals surface area (Å²) >= 11 is 3.65. The molecule has 3 aliphatic rings. The van der Waals surface area contributed by atoms with Gasteiger partial charge in [0.05, 0.1) is 37.2 Å². The summed E-state index contributed by atoms with van der Waals surface area (Å²) in [5, 5.41) is 9.96. The van der Waals surface area contributed by atoms with Crippen LogP contribution >= 0.6 is 15.9 Å². The molecule has 0 aromatic heterocycles. The van der Waals surface area contributed by atoms with Crippen LogP contribution in [0.1, 0.15) is 52.4 Å². The number of nitrogens with zero attached hydrogens (tertiary/aromatic N) is 2. The van der Waals surface area contributed by atoms with E-state index in [1.807, 2.05) is 6.08 Å². The average molecular weight is 556 g/mol. The Morgan fingerprint density at radius 1 is 1.34 bits per heavy atom. The van der Waals surface area contributed by atoms with Crippen LogP contribution in [0.15, 0.2) is 25.3 Å². The summed E-state index contributed by atoms with van der Waals surface area (Å²) in [6, 6.07) is -1.52. The number of amides is 2. The number of aliphatic hydroxyl groups excluding tert-OH is 1. The van der Waals surface area contributed by atoms with E-state index in [1.54, 1.807) is 17.9 Å². The maximum absolute atomic E-state index is 14.0. The Morgan fingerprint density at radius 3 is 2.71 bits per heavy atom. The molecule has 0 aromatic rings. The Hall–Kier alpha value is -1.71. The fourth-order valence-corrected chi connectivity index (χ4v) is 6.75. The summed E-state index contributed by atoms with van der Waals surface area (Å²) in [7, 11) is 0. The number of carbonyl (C=O) groups is 3. The van der Waals surface area contributed by atoms with Gasteiger partial charge in [0, 0.05) is 17.9 Å². The molecule has 1 spiro atoms. The first kappa shape index (κ1) is 27.9. The third-order valence-electron chi connectivity index (χ3n) is 7.46. The minimum atomic E-state index is -1.14. The summed E-state index contributed by atoms with van der Waals surface area (Å²) in [6.07, 6.45) is 7.53. The van der Waals surface area contributed by atoms with Crippen LogP contribution < -0.4 is 0 Å². The minimum absolute atomic E-state index is 0.187. The molecule has 1 N–H and O–H groups in total. The SMILES string of the molecule is C=CCCCCOC(=O)[C@H]1[C@H]2C(=O)N([C@H](C)CO)C(C(=O)N(CC=C)CCCC)C23CC(Br)[C@@H]1O3. The molecule has 35 heavy (non-hydrogen) atoms. The van der Waals surface area contributed by atoms with Crippen molar-refractivity contribution in [3.63, 3.8) is 0 Å². The maximum Gasteiger partial charge on any atom is 0.312 e. The number of unbranched alkanes of at least 4 members (excludes halogenated alkanes) is 3. The zero-order valence-corrected chi connectivity index (χ0v) is 22.5. The summed E-state index contributed by atoms with van der Waals surface area (Å²) in [5.74, 6) is -2.63. The molecule has 0 saturated carbocycles. The third kappa shape index (κ3) is 5.09. The van der Waals surface area contributed by atoms with Crippen molar-refractivity contribution < 1.29 is 29.0 Å². The number of aliphatic hydroxyl groups is 1. The number of rotatable bonds is 14. The van der Waals surface area contributed by atoms with Crippen molar-refractivity contribution in [3.05, 3.63) is 25.3 Å². The first-order valence-corrected chi connectivity index (χ1v) is 13.6. The first-order chi connectivity index (χ1) is 16.8. The molecule has 8 nitrogen and oxygen atoms in total. The topological polar surface area (TPSA) is 96.4 Å². The van der Waals surface area contributed by atoms with Gasteiger partial charge in [-0.2, -0.15) is 0 Å². The lowest BCUT2D eigenvalue weighted by atomic mass is 9.70. The molecule has 3 fully saturated rings. The van der Waals surface area contributed by atoms with Gasteiger partial charge in [0.1, 0.15) is 11.6 Å². The normalized spacial score (nSPS) is 31.8. The van der Waals surface area contributed by atoms with Crippen LogP contribution in [-0.2, 0) is 23.9 Å². The molecule has 9 heteroatoms. The number of fused-ring (bicyclic) bond motifs is 1. The molecule has 0 aliphatic carbocycles. The highest BCUT2D eigenvalue weighted by Crippen LogP contribution is 2.60. The number of likely N-dealkylation sites (tertiary alicyclic amines) is 1. The van der Waals surface area contributed by atoms with Crippen LogP contribution in [0, 0.1) is 11.8 Å². The van der Waals surface area contributed by atoms with Gasteiger partial charge < -0.3 is 24.4 Å². The fourth-order valence-electron chi connectivity index (χ4n) is 5.81. The van der Waals surface area contributed by atoms with Gasteiger partial charge in [0.2, 0.25) is 11.8 Å². The van der Waals surface area contributed by atoms with E-state index < -0.39 is 41.6 Å². The standard InChI is InChI=1S/C26H39BrN2O6/c1-5-8-10-11-14-34-25(33)19-20-23(31)29(17(4)16-30)22(26(20)15-18(27)21(19)35-26)24(32)28(12-7-3)13-9-6-2/h5,7,17-22,30H,1,3,6,8-16H2,2,4H3/t17-,18?,19+,20+,21+,22?,26?/m1/s1. The molecule has 0 radical (unpaired) electrons. The van der Waals surface area contributed by atoms with Crippen LogP contribution in [0.25, 0.3) is 0 Å². The quantitative estimate of drug-likeness (QED) is 0.153. The zero-order valence-electron chi connectivity index (χ0n) is 20.9. The van der Waals surface area contributed by atoms with E-state index in [9.17, 15) is 19.5 Å². The van der Waals surface area contributed by atoms with E-state index in [4.69, 9.17) is 9.47 Å². The number of allylic oxidation sites excluding steroid dienone is 1. The molecule has 3 aliphatic heterocycles. The van der Waals surface area contributed by atoms with Crippen LogP contribution in [-0.4, -0.2) is 87.6 Å². The second-order valence-corrected chi connectivity index (χ2v) is 11.0. The molecule has 2 bridgehead atoms. The Balaban J connectivity index is 1.93. The lowest BCUT2D eigenvalue weighted by Gasteiger charge is -2.38. The molecule has 3 rings (SSSR count). The van der Waals surface area contributed by atoms with Crippen molar-refractivity contribution in [3.8, 4) is 0 Å². The lowest BCUT2D eigenvalue weighted by molar-refractivity contribution is -0.156.